The Bertz CT molecular complexity index is 985. The van der Waals surface area contributed by atoms with Crippen molar-refractivity contribution < 1.29 is 29.6 Å². The Morgan fingerprint density at radius 3 is 2.45 bits per heavy atom. The number of aliphatic hydroxyl groups is 2. The van der Waals surface area contributed by atoms with Crippen LogP contribution in [-0.2, 0) is 22.7 Å². The minimum atomic E-state index is -1.32. The molecule has 0 bridgehead atoms. The zero-order valence-electron chi connectivity index (χ0n) is 15.6. The van der Waals surface area contributed by atoms with Crippen molar-refractivity contribution >= 4 is 23.0 Å². The lowest BCUT2D eigenvalue weighted by molar-refractivity contribution is -0.137. The second kappa shape index (κ2) is 9.22. The quantitative estimate of drug-likeness (QED) is 0.461. The van der Waals surface area contributed by atoms with Gasteiger partial charge in [-0.2, -0.15) is 0 Å². The summed E-state index contributed by atoms with van der Waals surface area (Å²) in [7, 11) is 0. The molecule has 0 aliphatic heterocycles. The highest BCUT2D eigenvalue weighted by Gasteiger charge is 2.24. The molecule has 3 aromatic rings. The Hall–Kier alpha value is -3.36. The van der Waals surface area contributed by atoms with Crippen molar-refractivity contribution in [3.8, 4) is 0 Å². The van der Waals surface area contributed by atoms with Gasteiger partial charge in [0.2, 0.25) is 0 Å². The smallest absolute Gasteiger partial charge is 0.407 e. The molecule has 152 valence electrons. The predicted octanol–water partition coefficient (Wildman–Crippen LogP) is 2.05. The van der Waals surface area contributed by atoms with Crippen molar-refractivity contribution in [2.75, 3.05) is 6.54 Å². The van der Waals surface area contributed by atoms with Gasteiger partial charge in [-0.25, -0.2) is 4.79 Å². The number of carbonyl (C=O) groups excluding carboxylic acids is 1. The van der Waals surface area contributed by atoms with Crippen LogP contribution in [0.15, 0.2) is 60.8 Å². The topological polar surface area (TPSA) is 121 Å². The second-order valence-electron chi connectivity index (χ2n) is 6.58. The molecule has 4 N–H and O–H groups in total. The molecule has 0 saturated heterocycles. The fourth-order valence-corrected chi connectivity index (χ4v) is 3.07. The summed E-state index contributed by atoms with van der Waals surface area (Å²) < 4.78 is 6.56. The molecule has 2 unspecified atom stereocenters. The van der Waals surface area contributed by atoms with E-state index in [1.807, 2.05) is 30.3 Å². The fourth-order valence-electron chi connectivity index (χ4n) is 3.07. The molecule has 0 fully saturated rings. The van der Waals surface area contributed by atoms with E-state index in [1.54, 1.807) is 24.3 Å². The maximum atomic E-state index is 11.8. The number of carboxylic acids is 1. The van der Waals surface area contributed by atoms with Crippen LogP contribution >= 0.6 is 0 Å². The maximum absolute atomic E-state index is 11.8. The summed E-state index contributed by atoms with van der Waals surface area (Å²) in [5.74, 6) is -1.02. The third-order valence-electron chi connectivity index (χ3n) is 4.48. The molecule has 1 heterocycles. The molecule has 3 rings (SSSR count). The van der Waals surface area contributed by atoms with E-state index in [9.17, 15) is 19.8 Å². The highest BCUT2D eigenvalue weighted by Crippen LogP contribution is 2.28. The lowest BCUT2D eigenvalue weighted by atomic mass is 10.0. The van der Waals surface area contributed by atoms with Crippen LogP contribution in [-0.4, -0.2) is 44.6 Å². The molecule has 2 atom stereocenters. The number of hydrogen-bond donors (Lipinski definition) is 4. The summed E-state index contributed by atoms with van der Waals surface area (Å²) in [6, 6.07) is 16.1. The largest absolute Gasteiger partial charge is 0.480 e. The molecular weight excluding hydrogens is 376 g/mol. The van der Waals surface area contributed by atoms with Crippen molar-refractivity contribution in [2.24, 2.45) is 0 Å². The molecule has 0 aliphatic rings. The summed E-state index contributed by atoms with van der Waals surface area (Å²) in [6.07, 6.45) is -1.83. The fraction of sp³-hybridized carbons (Fsp3) is 0.238. The number of aliphatic carboxylic acids is 1. The SMILES string of the molecule is O=C(O)Cn1cc(C(O)C(O)CNC(=O)OCc2ccccc2)c2ccccc21. The minimum Gasteiger partial charge on any atom is -0.480 e. The van der Waals surface area contributed by atoms with Gasteiger partial charge in [-0.05, 0) is 11.6 Å². The van der Waals surface area contributed by atoms with Gasteiger partial charge in [-0.15, -0.1) is 0 Å². The molecule has 29 heavy (non-hydrogen) atoms. The number of carbonyl (C=O) groups is 2. The minimum absolute atomic E-state index is 0.0913. The van der Waals surface area contributed by atoms with Gasteiger partial charge >= 0.3 is 12.1 Å². The van der Waals surface area contributed by atoms with Gasteiger partial charge in [-0.3, -0.25) is 4.79 Å². The molecular formula is C21H22N2O6. The number of benzene rings is 2. The van der Waals surface area contributed by atoms with Gasteiger partial charge in [0.25, 0.3) is 0 Å². The number of nitrogens with zero attached hydrogens (tertiary/aromatic N) is 1. The number of nitrogens with one attached hydrogen (secondary N) is 1. The summed E-state index contributed by atoms with van der Waals surface area (Å²) in [6.45, 7) is -0.408. The van der Waals surface area contributed by atoms with Gasteiger partial charge in [0.1, 0.15) is 25.4 Å². The number of rotatable bonds is 8. The first kappa shape index (κ1) is 20.4. The van der Waals surface area contributed by atoms with E-state index < -0.39 is 24.3 Å². The van der Waals surface area contributed by atoms with Crippen LogP contribution in [0.1, 0.15) is 17.2 Å². The monoisotopic (exact) mass is 398 g/mol. The number of aliphatic hydroxyl groups excluding tert-OH is 2. The highest BCUT2D eigenvalue weighted by atomic mass is 16.5. The van der Waals surface area contributed by atoms with E-state index in [-0.39, 0.29) is 19.7 Å². The van der Waals surface area contributed by atoms with Crippen LogP contribution in [0.2, 0.25) is 0 Å². The van der Waals surface area contributed by atoms with Crippen LogP contribution < -0.4 is 5.32 Å². The third-order valence-corrected chi connectivity index (χ3v) is 4.48. The molecule has 2 aromatic carbocycles. The predicted molar refractivity (Wildman–Crippen MR) is 105 cm³/mol. The van der Waals surface area contributed by atoms with Gasteiger partial charge < -0.3 is 29.9 Å². The third kappa shape index (κ3) is 5.13. The Morgan fingerprint density at radius 1 is 1.03 bits per heavy atom. The van der Waals surface area contributed by atoms with Crippen LogP contribution in [0.3, 0.4) is 0 Å². The number of carboxylic acid groups (broad SMARTS) is 1. The van der Waals surface area contributed by atoms with E-state index in [1.165, 1.54) is 10.8 Å². The van der Waals surface area contributed by atoms with Crippen LogP contribution in [0.5, 0.6) is 0 Å². The molecule has 0 aliphatic carbocycles. The summed E-state index contributed by atoms with van der Waals surface area (Å²) in [4.78, 5) is 22.9. The lowest BCUT2D eigenvalue weighted by Crippen LogP contribution is -2.35. The van der Waals surface area contributed by atoms with E-state index in [0.717, 1.165) is 5.56 Å². The number of para-hydroxylation sites is 1. The number of amides is 1. The maximum Gasteiger partial charge on any atom is 0.407 e. The Labute approximate surface area is 167 Å². The van der Waals surface area contributed by atoms with E-state index in [4.69, 9.17) is 9.84 Å². The summed E-state index contributed by atoms with van der Waals surface area (Å²) in [5, 5.41) is 33.0. The molecule has 0 saturated carbocycles. The number of alkyl carbamates (subject to hydrolysis) is 1. The Kier molecular flexibility index (Phi) is 6.48. The average molecular weight is 398 g/mol. The van der Waals surface area contributed by atoms with E-state index >= 15 is 0 Å². The zero-order valence-corrected chi connectivity index (χ0v) is 15.6. The summed E-state index contributed by atoms with van der Waals surface area (Å²) in [5.41, 5.74) is 1.84. The zero-order chi connectivity index (χ0) is 20.8. The lowest BCUT2D eigenvalue weighted by Gasteiger charge is -2.18. The Balaban J connectivity index is 1.62. The number of ether oxygens (including phenoxy) is 1. The number of aromatic nitrogens is 1. The molecule has 8 nitrogen and oxygen atoms in total. The van der Waals surface area contributed by atoms with Crippen LogP contribution in [0.25, 0.3) is 10.9 Å². The summed E-state index contributed by atoms with van der Waals surface area (Å²) >= 11 is 0. The molecule has 1 amide bonds. The normalized spacial score (nSPS) is 13.0. The molecule has 0 radical (unpaired) electrons. The Morgan fingerprint density at radius 2 is 1.72 bits per heavy atom. The van der Waals surface area contributed by atoms with Crippen molar-refractivity contribution in [2.45, 2.75) is 25.4 Å². The van der Waals surface area contributed by atoms with Crippen LogP contribution in [0.4, 0.5) is 4.79 Å². The standard InChI is InChI=1S/C21H22N2O6/c24-18(10-22-21(28)29-13-14-6-2-1-3-7-14)20(27)16-11-23(12-19(25)26)17-9-5-4-8-15(16)17/h1-9,11,18,20,24,27H,10,12-13H2,(H,22,28)(H,25,26). The van der Waals surface area contributed by atoms with Crippen LogP contribution in [0, 0.1) is 0 Å². The molecule has 1 aromatic heterocycles. The second-order valence-corrected chi connectivity index (χ2v) is 6.58. The molecule has 0 spiro atoms. The van der Waals surface area contributed by atoms with E-state index in [2.05, 4.69) is 5.32 Å². The van der Waals surface area contributed by atoms with Crippen molar-refractivity contribution in [1.82, 2.24) is 9.88 Å². The van der Waals surface area contributed by atoms with Gasteiger partial charge in [0.05, 0.1) is 0 Å². The molecule has 8 heteroatoms. The number of fused-ring (bicyclic) bond motifs is 1. The van der Waals surface area contributed by atoms with Crippen molar-refractivity contribution in [3.05, 3.63) is 71.9 Å². The van der Waals surface area contributed by atoms with Crippen molar-refractivity contribution in [3.63, 3.8) is 0 Å². The first-order chi connectivity index (χ1) is 14.0. The first-order valence-corrected chi connectivity index (χ1v) is 9.06. The first-order valence-electron chi connectivity index (χ1n) is 9.06. The highest BCUT2D eigenvalue weighted by molar-refractivity contribution is 5.85. The van der Waals surface area contributed by atoms with Gasteiger partial charge in [-0.1, -0.05) is 48.5 Å². The van der Waals surface area contributed by atoms with Gasteiger partial charge in [0, 0.05) is 29.2 Å². The van der Waals surface area contributed by atoms with E-state index in [0.29, 0.717) is 16.5 Å². The number of hydrogen-bond acceptors (Lipinski definition) is 5. The van der Waals surface area contributed by atoms with Gasteiger partial charge in [0.15, 0.2) is 0 Å². The van der Waals surface area contributed by atoms with Crippen molar-refractivity contribution in [1.29, 1.82) is 0 Å². The average Bonchev–Trinajstić information content (AvgIpc) is 3.08.